The molecule has 1 N–H and O–H groups in total. The number of ether oxygens (including phenoxy) is 2. The van der Waals surface area contributed by atoms with Gasteiger partial charge in [-0.25, -0.2) is 0 Å². The van der Waals surface area contributed by atoms with Crippen LogP contribution in [-0.4, -0.2) is 43.2 Å². The van der Waals surface area contributed by atoms with E-state index in [4.69, 9.17) is 9.47 Å². The molecule has 1 atom stereocenters. The third kappa shape index (κ3) is 4.20. The van der Waals surface area contributed by atoms with E-state index < -0.39 is 0 Å². The summed E-state index contributed by atoms with van der Waals surface area (Å²) in [6.45, 7) is 5.36. The summed E-state index contributed by atoms with van der Waals surface area (Å²) in [6.07, 6.45) is 6.78. The third-order valence-corrected chi connectivity index (χ3v) is 4.77. The summed E-state index contributed by atoms with van der Waals surface area (Å²) in [5, 5.41) is 3.08. The van der Waals surface area contributed by atoms with Crippen LogP contribution in [0.15, 0.2) is 18.2 Å². The van der Waals surface area contributed by atoms with Crippen LogP contribution in [0.1, 0.15) is 45.4 Å². The van der Waals surface area contributed by atoms with Crippen LogP contribution in [-0.2, 0) is 4.79 Å². The van der Waals surface area contributed by atoms with Crippen LogP contribution in [0.2, 0.25) is 0 Å². The topological polar surface area (TPSA) is 50.8 Å². The minimum Gasteiger partial charge on any atom is -0.486 e. The molecule has 3 rings (SSSR count). The molecule has 5 heteroatoms. The van der Waals surface area contributed by atoms with Crippen molar-refractivity contribution >= 4 is 11.6 Å². The van der Waals surface area contributed by atoms with E-state index in [2.05, 4.69) is 17.1 Å². The van der Waals surface area contributed by atoms with E-state index in [9.17, 15) is 4.79 Å². The van der Waals surface area contributed by atoms with Crippen LogP contribution in [0.25, 0.3) is 0 Å². The predicted molar refractivity (Wildman–Crippen MR) is 94.8 cm³/mol. The molecule has 1 saturated heterocycles. The largest absolute Gasteiger partial charge is 0.486 e. The molecule has 24 heavy (non-hydrogen) atoms. The van der Waals surface area contributed by atoms with Crippen molar-refractivity contribution in [2.75, 3.05) is 31.6 Å². The van der Waals surface area contributed by atoms with E-state index >= 15 is 0 Å². The van der Waals surface area contributed by atoms with Gasteiger partial charge in [0.2, 0.25) is 5.91 Å². The Balaban J connectivity index is 1.67. The van der Waals surface area contributed by atoms with Crippen LogP contribution >= 0.6 is 0 Å². The predicted octanol–water partition coefficient (Wildman–Crippen LogP) is 3.44. The lowest BCUT2D eigenvalue weighted by atomic mass is 10.0. The van der Waals surface area contributed by atoms with Crippen LogP contribution in [0.3, 0.4) is 0 Å². The van der Waals surface area contributed by atoms with Gasteiger partial charge in [-0.1, -0.05) is 26.2 Å². The van der Waals surface area contributed by atoms with Crippen molar-refractivity contribution in [3.63, 3.8) is 0 Å². The molecule has 1 aromatic carbocycles. The van der Waals surface area contributed by atoms with Crippen molar-refractivity contribution < 1.29 is 14.3 Å². The number of carbonyl (C=O) groups excluding carboxylic acids is 1. The van der Waals surface area contributed by atoms with Crippen molar-refractivity contribution in [3.8, 4) is 11.5 Å². The molecule has 0 spiro atoms. The molecule has 1 unspecified atom stereocenters. The highest BCUT2D eigenvalue weighted by Crippen LogP contribution is 2.32. The molecule has 0 bridgehead atoms. The number of benzene rings is 1. The second-order valence-corrected chi connectivity index (χ2v) is 6.60. The van der Waals surface area contributed by atoms with Crippen LogP contribution in [0.4, 0.5) is 5.69 Å². The van der Waals surface area contributed by atoms with Gasteiger partial charge in [-0.15, -0.1) is 0 Å². The first-order valence-corrected chi connectivity index (χ1v) is 9.22. The molecule has 1 fully saturated rings. The summed E-state index contributed by atoms with van der Waals surface area (Å²) in [4.78, 5) is 15.2. The van der Waals surface area contributed by atoms with Gasteiger partial charge in [0.05, 0.1) is 6.04 Å². The van der Waals surface area contributed by atoms with E-state index in [1.807, 2.05) is 18.2 Å². The quantitative estimate of drug-likeness (QED) is 0.867. The number of hydrogen-bond acceptors (Lipinski definition) is 4. The number of amides is 1. The number of fused-ring (bicyclic) bond motifs is 1. The minimum atomic E-state index is -0.0292. The fourth-order valence-corrected chi connectivity index (χ4v) is 3.45. The second kappa shape index (κ2) is 8.38. The summed E-state index contributed by atoms with van der Waals surface area (Å²) in [6, 6.07) is 5.59. The molecule has 2 aliphatic heterocycles. The fraction of sp³-hybridized carbons (Fsp3) is 0.632. The maximum Gasteiger partial charge on any atom is 0.241 e. The maximum atomic E-state index is 12.9. The van der Waals surface area contributed by atoms with Crippen LogP contribution in [0.5, 0.6) is 11.5 Å². The van der Waals surface area contributed by atoms with Gasteiger partial charge in [0.15, 0.2) is 11.5 Å². The van der Waals surface area contributed by atoms with Gasteiger partial charge in [0.25, 0.3) is 0 Å². The van der Waals surface area contributed by atoms with Crippen LogP contribution < -0.4 is 14.8 Å². The molecule has 0 saturated carbocycles. The Morgan fingerprint density at radius 1 is 1.17 bits per heavy atom. The Kier molecular flexibility index (Phi) is 5.96. The van der Waals surface area contributed by atoms with Gasteiger partial charge in [-0.3, -0.25) is 9.69 Å². The average molecular weight is 332 g/mol. The third-order valence-electron chi connectivity index (χ3n) is 4.77. The lowest BCUT2D eigenvalue weighted by Gasteiger charge is -2.33. The molecular formula is C19H28N2O3. The van der Waals surface area contributed by atoms with Crippen molar-refractivity contribution in [2.45, 2.75) is 51.5 Å². The molecule has 2 aliphatic rings. The number of rotatable bonds is 6. The summed E-state index contributed by atoms with van der Waals surface area (Å²) >= 11 is 0. The lowest BCUT2D eigenvalue weighted by Crippen LogP contribution is -2.46. The van der Waals surface area contributed by atoms with Gasteiger partial charge in [-0.05, 0) is 44.5 Å². The molecule has 0 aromatic heterocycles. The summed E-state index contributed by atoms with van der Waals surface area (Å²) < 4.78 is 11.1. The SMILES string of the molecule is CCCCC(C(=O)Nc1ccc2c(c1)OCCO2)N1CCCCC1. The Morgan fingerprint density at radius 2 is 1.92 bits per heavy atom. The van der Waals surface area contributed by atoms with Crippen molar-refractivity contribution in [1.29, 1.82) is 0 Å². The van der Waals surface area contributed by atoms with Gasteiger partial charge >= 0.3 is 0 Å². The number of nitrogens with one attached hydrogen (secondary N) is 1. The minimum absolute atomic E-state index is 0.0292. The maximum absolute atomic E-state index is 12.9. The summed E-state index contributed by atoms with van der Waals surface area (Å²) in [7, 11) is 0. The van der Waals surface area contributed by atoms with Gasteiger partial charge in [-0.2, -0.15) is 0 Å². The van der Waals surface area contributed by atoms with E-state index in [0.717, 1.165) is 43.8 Å². The van der Waals surface area contributed by atoms with Gasteiger partial charge < -0.3 is 14.8 Å². The molecule has 132 valence electrons. The smallest absolute Gasteiger partial charge is 0.241 e. The van der Waals surface area contributed by atoms with E-state index in [-0.39, 0.29) is 11.9 Å². The second-order valence-electron chi connectivity index (χ2n) is 6.60. The van der Waals surface area contributed by atoms with Crippen LogP contribution in [0, 0.1) is 0 Å². The van der Waals surface area contributed by atoms with Gasteiger partial charge in [0, 0.05) is 11.8 Å². The normalized spacial score (nSPS) is 18.9. The number of carbonyl (C=O) groups is 1. The molecular weight excluding hydrogens is 304 g/mol. The number of nitrogens with zero attached hydrogens (tertiary/aromatic N) is 1. The molecule has 1 amide bonds. The first-order chi connectivity index (χ1) is 11.8. The molecule has 0 aliphatic carbocycles. The number of likely N-dealkylation sites (tertiary alicyclic amines) is 1. The first kappa shape index (κ1) is 17.1. The van der Waals surface area contributed by atoms with E-state index in [1.165, 1.54) is 19.3 Å². The highest BCUT2D eigenvalue weighted by molar-refractivity contribution is 5.95. The monoisotopic (exact) mass is 332 g/mol. The van der Waals surface area contributed by atoms with Gasteiger partial charge in [0.1, 0.15) is 13.2 Å². The van der Waals surface area contributed by atoms with Crippen molar-refractivity contribution in [1.82, 2.24) is 4.90 Å². The Morgan fingerprint density at radius 3 is 2.67 bits per heavy atom. The highest BCUT2D eigenvalue weighted by atomic mass is 16.6. The number of anilines is 1. The van der Waals surface area contributed by atoms with Crippen molar-refractivity contribution in [2.24, 2.45) is 0 Å². The summed E-state index contributed by atoms with van der Waals surface area (Å²) in [5.41, 5.74) is 0.780. The fourth-order valence-electron chi connectivity index (χ4n) is 3.45. The molecule has 1 aromatic rings. The standard InChI is InChI=1S/C19H28N2O3/c1-2-3-7-16(21-10-5-4-6-11-21)19(22)20-15-8-9-17-18(14-15)24-13-12-23-17/h8-9,14,16H,2-7,10-13H2,1H3,(H,20,22). The lowest BCUT2D eigenvalue weighted by molar-refractivity contribution is -0.122. The zero-order chi connectivity index (χ0) is 16.8. The molecule has 5 nitrogen and oxygen atoms in total. The van der Waals surface area contributed by atoms with E-state index in [0.29, 0.717) is 19.0 Å². The average Bonchev–Trinajstić information content (AvgIpc) is 2.63. The first-order valence-electron chi connectivity index (χ1n) is 9.22. The Hall–Kier alpha value is -1.75. The van der Waals surface area contributed by atoms with E-state index in [1.54, 1.807) is 0 Å². The zero-order valence-electron chi connectivity index (χ0n) is 14.6. The molecule has 2 heterocycles. The van der Waals surface area contributed by atoms with Crippen molar-refractivity contribution in [3.05, 3.63) is 18.2 Å². The number of piperidine rings is 1. The number of hydrogen-bond donors (Lipinski definition) is 1. The Bertz CT molecular complexity index is 556. The highest BCUT2D eigenvalue weighted by Gasteiger charge is 2.27. The molecule has 0 radical (unpaired) electrons. The summed E-state index contributed by atoms with van der Waals surface area (Å²) in [5.74, 6) is 1.56. The zero-order valence-corrected chi connectivity index (χ0v) is 14.6. The number of unbranched alkanes of at least 4 members (excludes halogenated alkanes) is 1. The Labute approximate surface area is 144 Å².